The molecule has 3 rings (SSSR count). The van der Waals surface area contributed by atoms with Gasteiger partial charge >= 0.3 is 12.5 Å². The number of nitrogens with one attached hydrogen (secondary N) is 1. The first kappa shape index (κ1) is 23.8. The molecular formula is C19H11F8N5O. The average molecular weight is 477 g/mol. The number of benzene rings is 2. The van der Waals surface area contributed by atoms with E-state index in [-0.39, 0.29) is 18.1 Å². The van der Waals surface area contributed by atoms with Crippen LogP contribution in [0.5, 0.6) is 5.75 Å². The molecule has 6 nitrogen and oxygen atoms in total. The van der Waals surface area contributed by atoms with E-state index in [1.807, 2.05) is 0 Å². The Labute approximate surface area is 180 Å². The minimum absolute atomic E-state index is 0.123. The van der Waals surface area contributed by atoms with Crippen molar-refractivity contribution in [2.75, 3.05) is 5.32 Å². The van der Waals surface area contributed by atoms with Crippen LogP contribution in [0.1, 0.15) is 11.1 Å². The zero-order valence-electron chi connectivity index (χ0n) is 16.0. The van der Waals surface area contributed by atoms with E-state index in [0.29, 0.717) is 17.7 Å². The molecule has 2 aromatic carbocycles. The molecule has 0 aliphatic rings. The first-order chi connectivity index (χ1) is 15.4. The number of ether oxygens (including phenoxy) is 1. The van der Waals surface area contributed by atoms with E-state index < -0.39 is 41.6 Å². The minimum atomic E-state index is -4.94. The van der Waals surface area contributed by atoms with Crippen molar-refractivity contribution < 1.29 is 39.9 Å². The third kappa shape index (κ3) is 7.08. The zero-order chi connectivity index (χ0) is 24.2. The second-order valence-corrected chi connectivity index (χ2v) is 6.28. The summed E-state index contributed by atoms with van der Waals surface area (Å²) in [6.07, 6.45) is -9.76. The maximum Gasteiger partial charge on any atom is 0.573 e. The topological polar surface area (TPSA) is 71.8 Å². The Kier molecular flexibility index (Phi) is 6.74. The molecule has 174 valence electrons. The van der Waals surface area contributed by atoms with Crippen LogP contribution < -0.4 is 10.1 Å². The summed E-state index contributed by atoms with van der Waals surface area (Å²) >= 11 is 0. The molecule has 0 unspecified atom stereocenters. The van der Waals surface area contributed by atoms with Crippen LogP contribution in [0, 0.1) is 11.8 Å². The Morgan fingerprint density at radius 2 is 1.58 bits per heavy atom. The van der Waals surface area contributed by atoms with E-state index in [9.17, 15) is 35.1 Å². The van der Waals surface area contributed by atoms with Gasteiger partial charge in [-0.1, -0.05) is 12.1 Å². The fourth-order valence-corrected chi connectivity index (χ4v) is 2.46. The van der Waals surface area contributed by atoms with Crippen molar-refractivity contribution in [2.45, 2.75) is 19.1 Å². The summed E-state index contributed by atoms with van der Waals surface area (Å²) in [6, 6.07) is 7.58. The van der Waals surface area contributed by atoms with Crippen LogP contribution in [0.4, 0.5) is 52.6 Å². The van der Waals surface area contributed by atoms with E-state index in [0.717, 1.165) is 24.3 Å². The molecule has 0 radical (unpaired) electrons. The number of alkyl halides is 6. The predicted octanol–water partition coefficient (Wildman–Crippen LogP) is 6.70. The van der Waals surface area contributed by atoms with Crippen LogP contribution in [-0.4, -0.2) is 16.3 Å². The molecule has 0 fully saturated rings. The highest BCUT2D eigenvalue weighted by molar-refractivity contribution is 5.58. The molecule has 0 spiro atoms. The van der Waals surface area contributed by atoms with Gasteiger partial charge in [-0.2, -0.15) is 32.6 Å². The van der Waals surface area contributed by atoms with Crippen LogP contribution >= 0.6 is 0 Å². The maximum atomic E-state index is 13.8. The van der Waals surface area contributed by atoms with Gasteiger partial charge in [-0.3, -0.25) is 0 Å². The molecule has 0 bridgehead atoms. The average Bonchev–Trinajstić information content (AvgIpc) is 2.68. The van der Waals surface area contributed by atoms with Crippen LogP contribution in [0.15, 0.2) is 58.8 Å². The lowest BCUT2D eigenvalue weighted by molar-refractivity contribution is -0.274. The highest BCUT2D eigenvalue weighted by Crippen LogP contribution is 2.33. The van der Waals surface area contributed by atoms with Crippen molar-refractivity contribution in [3.05, 3.63) is 71.4 Å². The molecule has 3 aromatic rings. The monoisotopic (exact) mass is 477 g/mol. The lowest BCUT2D eigenvalue weighted by Gasteiger charge is -2.11. The second kappa shape index (κ2) is 9.34. The van der Waals surface area contributed by atoms with Crippen LogP contribution in [0.3, 0.4) is 0 Å². The lowest BCUT2D eigenvalue weighted by Crippen LogP contribution is -2.16. The van der Waals surface area contributed by atoms with E-state index in [1.165, 1.54) is 12.1 Å². The van der Waals surface area contributed by atoms with E-state index in [1.54, 1.807) is 0 Å². The number of anilines is 2. The summed E-state index contributed by atoms with van der Waals surface area (Å²) < 4.78 is 106. The van der Waals surface area contributed by atoms with E-state index in [4.69, 9.17) is 0 Å². The SMILES string of the molecule is Fc1cc(Nc2ccc(F)c(C(F)(F)F)c2)nc(N=NCc2ccc(OC(F)(F)F)cc2)n1. The fraction of sp³-hybridized carbons (Fsp3) is 0.158. The van der Waals surface area contributed by atoms with Gasteiger partial charge in [0.25, 0.3) is 5.95 Å². The van der Waals surface area contributed by atoms with E-state index >= 15 is 0 Å². The van der Waals surface area contributed by atoms with Gasteiger partial charge in [-0.25, -0.2) is 4.39 Å². The Bertz CT molecular complexity index is 1150. The molecule has 0 saturated carbocycles. The van der Waals surface area contributed by atoms with Gasteiger partial charge in [0.1, 0.15) is 17.4 Å². The summed E-state index contributed by atoms with van der Waals surface area (Å²) in [5.41, 5.74) is -1.30. The van der Waals surface area contributed by atoms with Crippen LogP contribution in [-0.2, 0) is 12.7 Å². The van der Waals surface area contributed by atoms with Gasteiger partial charge in [-0.15, -0.1) is 18.3 Å². The van der Waals surface area contributed by atoms with Gasteiger partial charge in [0.2, 0.25) is 5.95 Å². The molecule has 0 amide bonds. The standard InChI is InChI=1S/C19H11F8N5O/c20-14-6-3-11(7-13(14)18(22,23)24)29-16-8-15(21)30-17(31-16)32-28-9-10-1-4-12(5-2-10)33-19(25,26)27/h1-8H,9H2,(H,29,30,31). The smallest absolute Gasteiger partial charge is 0.406 e. The summed E-state index contributed by atoms with van der Waals surface area (Å²) in [7, 11) is 0. The summed E-state index contributed by atoms with van der Waals surface area (Å²) in [5, 5.41) is 9.69. The number of hydrogen-bond donors (Lipinski definition) is 1. The quantitative estimate of drug-likeness (QED) is 0.244. The number of hydrogen-bond acceptors (Lipinski definition) is 6. The highest BCUT2D eigenvalue weighted by atomic mass is 19.4. The Morgan fingerprint density at radius 3 is 2.21 bits per heavy atom. The van der Waals surface area contributed by atoms with Gasteiger partial charge in [0.05, 0.1) is 12.1 Å². The molecular weight excluding hydrogens is 466 g/mol. The summed E-state index contributed by atoms with van der Waals surface area (Å²) in [6.45, 7) is -0.123. The van der Waals surface area contributed by atoms with Crippen molar-refractivity contribution in [1.29, 1.82) is 0 Å². The number of aromatic nitrogens is 2. The van der Waals surface area contributed by atoms with Crippen molar-refractivity contribution in [3.63, 3.8) is 0 Å². The molecule has 0 aliphatic heterocycles. The van der Waals surface area contributed by atoms with Crippen molar-refractivity contribution in [1.82, 2.24) is 9.97 Å². The molecule has 33 heavy (non-hydrogen) atoms. The normalized spacial score (nSPS) is 12.2. The predicted molar refractivity (Wildman–Crippen MR) is 98.0 cm³/mol. The Hall–Kier alpha value is -3.84. The Morgan fingerprint density at radius 1 is 0.879 bits per heavy atom. The zero-order valence-corrected chi connectivity index (χ0v) is 16.0. The Balaban J connectivity index is 1.70. The van der Waals surface area contributed by atoms with Gasteiger partial charge in [-0.05, 0) is 35.9 Å². The largest absolute Gasteiger partial charge is 0.573 e. The number of rotatable bonds is 6. The minimum Gasteiger partial charge on any atom is -0.406 e. The first-order valence-electron chi connectivity index (χ1n) is 8.79. The molecule has 14 heteroatoms. The fourth-order valence-electron chi connectivity index (χ4n) is 2.46. The summed E-state index contributed by atoms with van der Waals surface area (Å²) in [5.74, 6) is -3.73. The third-order valence-corrected chi connectivity index (χ3v) is 3.80. The van der Waals surface area contributed by atoms with Gasteiger partial charge in [0.15, 0.2) is 0 Å². The lowest BCUT2D eigenvalue weighted by atomic mass is 10.2. The second-order valence-electron chi connectivity index (χ2n) is 6.28. The molecule has 1 heterocycles. The molecule has 0 atom stereocenters. The molecule has 1 aromatic heterocycles. The molecule has 1 N–H and O–H groups in total. The number of azo groups is 1. The first-order valence-corrected chi connectivity index (χ1v) is 8.79. The van der Waals surface area contributed by atoms with Crippen molar-refractivity contribution in [3.8, 4) is 5.75 Å². The molecule has 0 saturated heterocycles. The number of nitrogens with zero attached hydrogens (tertiary/aromatic N) is 4. The molecule has 0 aliphatic carbocycles. The third-order valence-electron chi connectivity index (χ3n) is 3.80. The van der Waals surface area contributed by atoms with Gasteiger partial charge in [0, 0.05) is 11.8 Å². The summed E-state index contributed by atoms with van der Waals surface area (Å²) in [4.78, 5) is 7.15. The van der Waals surface area contributed by atoms with E-state index in [2.05, 4.69) is 30.3 Å². The van der Waals surface area contributed by atoms with Crippen molar-refractivity contribution >= 4 is 17.5 Å². The highest BCUT2D eigenvalue weighted by Gasteiger charge is 2.34. The van der Waals surface area contributed by atoms with Crippen LogP contribution in [0.25, 0.3) is 0 Å². The number of halogens is 8. The maximum absolute atomic E-state index is 13.8. The van der Waals surface area contributed by atoms with Crippen LogP contribution in [0.2, 0.25) is 0 Å². The van der Waals surface area contributed by atoms with Gasteiger partial charge < -0.3 is 10.1 Å². The van der Waals surface area contributed by atoms with Crippen molar-refractivity contribution in [2.24, 2.45) is 10.2 Å².